The molecule has 0 unspecified atom stereocenters. The Morgan fingerprint density at radius 2 is 2.17 bits per heavy atom. The van der Waals surface area contributed by atoms with Crippen molar-refractivity contribution in [2.75, 3.05) is 7.11 Å². The van der Waals surface area contributed by atoms with Crippen LogP contribution in [0.15, 0.2) is 39.8 Å². The van der Waals surface area contributed by atoms with Gasteiger partial charge in [0.15, 0.2) is 0 Å². The molecule has 0 bridgehead atoms. The van der Waals surface area contributed by atoms with Gasteiger partial charge in [-0.3, -0.25) is 4.79 Å². The summed E-state index contributed by atoms with van der Waals surface area (Å²) >= 11 is 4.56. The van der Waals surface area contributed by atoms with Crippen LogP contribution in [0.1, 0.15) is 23.4 Å². The molecule has 1 aromatic heterocycles. The molecular formula is C16H15N3O3S. The van der Waals surface area contributed by atoms with Crippen LogP contribution in [0.2, 0.25) is 0 Å². The zero-order valence-corrected chi connectivity index (χ0v) is 13.3. The van der Waals surface area contributed by atoms with Crippen molar-refractivity contribution >= 4 is 23.3 Å². The van der Waals surface area contributed by atoms with Gasteiger partial charge in [-0.1, -0.05) is 5.16 Å². The van der Waals surface area contributed by atoms with Crippen LogP contribution in [0, 0.1) is 0 Å². The first-order valence-corrected chi connectivity index (χ1v) is 7.59. The number of thiocarbonyl (C=S) groups is 1. The molecule has 0 spiro atoms. The monoisotopic (exact) mass is 329 g/mol. The first kappa shape index (κ1) is 15.4. The van der Waals surface area contributed by atoms with Gasteiger partial charge in [0.2, 0.25) is 5.76 Å². The van der Waals surface area contributed by atoms with Gasteiger partial charge in [0.05, 0.1) is 18.3 Å². The third-order valence-electron chi connectivity index (χ3n) is 3.80. The lowest BCUT2D eigenvalue weighted by molar-refractivity contribution is 0.0873. The van der Waals surface area contributed by atoms with E-state index >= 15 is 0 Å². The van der Waals surface area contributed by atoms with E-state index in [1.54, 1.807) is 13.2 Å². The number of nitrogens with zero attached hydrogens (tertiary/aromatic N) is 2. The Morgan fingerprint density at radius 3 is 2.83 bits per heavy atom. The molecule has 0 radical (unpaired) electrons. The van der Waals surface area contributed by atoms with E-state index in [0.717, 1.165) is 24.2 Å². The van der Waals surface area contributed by atoms with Gasteiger partial charge in [0.25, 0.3) is 5.91 Å². The normalized spacial score (nSPS) is 19.3. The van der Waals surface area contributed by atoms with Gasteiger partial charge in [-0.25, -0.2) is 4.99 Å². The standard InChI is InChI=1S/C16H15N3O3S/c1-21-13-4-2-10(3-5-13)14-8-15(22-19-14)16(20)18-12-6-11(7-12)17-9-23/h2-5,8,11-12H,6-7H2,1H3,(H,18,20)/t11-,12+. The molecule has 118 valence electrons. The molecule has 0 atom stereocenters. The highest BCUT2D eigenvalue weighted by Crippen LogP contribution is 2.25. The molecule has 1 heterocycles. The summed E-state index contributed by atoms with van der Waals surface area (Å²) in [6.45, 7) is 0. The van der Waals surface area contributed by atoms with Crippen LogP contribution in [-0.2, 0) is 0 Å². The van der Waals surface area contributed by atoms with E-state index in [1.807, 2.05) is 24.3 Å². The number of hydrogen-bond donors (Lipinski definition) is 1. The van der Waals surface area contributed by atoms with Gasteiger partial charge in [0.1, 0.15) is 11.4 Å². The minimum Gasteiger partial charge on any atom is -0.497 e. The number of ether oxygens (including phenoxy) is 1. The van der Waals surface area contributed by atoms with Crippen molar-refractivity contribution in [3.05, 3.63) is 36.1 Å². The predicted molar refractivity (Wildman–Crippen MR) is 87.8 cm³/mol. The van der Waals surface area contributed by atoms with Crippen molar-refractivity contribution in [3.8, 4) is 17.0 Å². The Hall–Kier alpha value is -2.50. The fourth-order valence-corrected chi connectivity index (χ4v) is 2.57. The van der Waals surface area contributed by atoms with E-state index in [9.17, 15) is 4.79 Å². The number of isothiocyanates is 1. The van der Waals surface area contributed by atoms with E-state index in [-0.39, 0.29) is 23.8 Å². The van der Waals surface area contributed by atoms with Crippen LogP contribution in [0.4, 0.5) is 0 Å². The summed E-state index contributed by atoms with van der Waals surface area (Å²) in [4.78, 5) is 16.1. The minimum absolute atomic E-state index is 0.0918. The summed E-state index contributed by atoms with van der Waals surface area (Å²) in [6.07, 6.45) is 1.55. The SMILES string of the molecule is COc1ccc(-c2cc(C(=O)N[C@H]3C[C@@H](N=C=S)C3)on2)cc1. The molecule has 1 N–H and O–H groups in total. The summed E-state index contributed by atoms with van der Waals surface area (Å²) < 4.78 is 10.2. The molecule has 7 heteroatoms. The van der Waals surface area contributed by atoms with Gasteiger partial charge in [0, 0.05) is 17.7 Å². The van der Waals surface area contributed by atoms with Gasteiger partial charge in [-0.2, -0.15) is 0 Å². The van der Waals surface area contributed by atoms with Gasteiger partial charge < -0.3 is 14.6 Å². The number of carbonyl (C=O) groups is 1. The lowest BCUT2D eigenvalue weighted by Crippen LogP contribution is -2.46. The lowest BCUT2D eigenvalue weighted by atomic mass is 9.87. The van der Waals surface area contributed by atoms with E-state index in [1.165, 1.54) is 0 Å². The molecule has 1 fully saturated rings. The molecule has 6 nitrogen and oxygen atoms in total. The maximum absolute atomic E-state index is 12.1. The van der Waals surface area contributed by atoms with Gasteiger partial charge >= 0.3 is 0 Å². The Labute approximate surface area is 138 Å². The first-order valence-electron chi connectivity index (χ1n) is 7.18. The van der Waals surface area contributed by atoms with Gasteiger partial charge in [-0.05, 0) is 49.3 Å². The average molecular weight is 329 g/mol. The highest BCUT2D eigenvalue weighted by Gasteiger charge is 2.30. The molecule has 1 amide bonds. The number of nitrogens with one attached hydrogen (secondary N) is 1. The second-order valence-electron chi connectivity index (χ2n) is 5.32. The van der Waals surface area contributed by atoms with E-state index in [2.05, 4.69) is 32.8 Å². The van der Waals surface area contributed by atoms with Crippen molar-refractivity contribution in [1.82, 2.24) is 10.5 Å². The molecular weight excluding hydrogens is 314 g/mol. The fourth-order valence-electron chi connectivity index (χ4n) is 2.42. The number of aliphatic imine (C=N–C) groups is 1. The summed E-state index contributed by atoms with van der Waals surface area (Å²) in [7, 11) is 1.61. The van der Waals surface area contributed by atoms with E-state index < -0.39 is 0 Å². The molecule has 1 aliphatic carbocycles. The van der Waals surface area contributed by atoms with Gasteiger partial charge in [-0.15, -0.1) is 0 Å². The Morgan fingerprint density at radius 1 is 1.43 bits per heavy atom. The van der Waals surface area contributed by atoms with Crippen LogP contribution in [0.5, 0.6) is 5.75 Å². The fraction of sp³-hybridized carbons (Fsp3) is 0.312. The molecule has 1 saturated carbocycles. The molecule has 2 aromatic rings. The zero-order valence-electron chi connectivity index (χ0n) is 12.5. The quantitative estimate of drug-likeness (QED) is 0.674. The number of benzene rings is 1. The second kappa shape index (κ2) is 6.73. The Balaban J connectivity index is 1.62. The molecule has 1 aliphatic rings. The molecule has 1 aromatic carbocycles. The number of methoxy groups -OCH3 is 1. The molecule has 23 heavy (non-hydrogen) atoms. The molecule has 0 saturated heterocycles. The van der Waals surface area contributed by atoms with E-state index in [0.29, 0.717) is 5.69 Å². The molecule has 0 aliphatic heterocycles. The first-order chi connectivity index (χ1) is 11.2. The lowest BCUT2D eigenvalue weighted by Gasteiger charge is -2.31. The number of rotatable bonds is 5. The number of amides is 1. The topological polar surface area (TPSA) is 76.7 Å². The highest BCUT2D eigenvalue weighted by atomic mass is 32.1. The number of carbonyl (C=O) groups excluding carboxylic acids is 1. The Bertz CT molecular complexity index is 744. The van der Waals surface area contributed by atoms with E-state index in [4.69, 9.17) is 9.26 Å². The molecule has 3 rings (SSSR count). The van der Waals surface area contributed by atoms with Crippen LogP contribution in [0.3, 0.4) is 0 Å². The smallest absolute Gasteiger partial charge is 0.290 e. The largest absolute Gasteiger partial charge is 0.497 e. The average Bonchev–Trinajstić information content (AvgIpc) is 3.03. The summed E-state index contributed by atoms with van der Waals surface area (Å²) in [5, 5.41) is 9.19. The minimum atomic E-state index is -0.271. The van der Waals surface area contributed by atoms with Crippen LogP contribution in [-0.4, -0.2) is 35.4 Å². The van der Waals surface area contributed by atoms with Crippen molar-refractivity contribution in [1.29, 1.82) is 0 Å². The van der Waals surface area contributed by atoms with Crippen LogP contribution in [0.25, 0.3) is 11.3 Å². The second-order valence-corrected chi connectivity index (χ2v) is 5.50. The summed E-state index contributed by atoms with van der Waals surface area (Å²) in [5.74, 6) is 0.679. The predicted octanol–water partition coefficient (Wildman–Crippen LogP) is 2.71. The summed E-state index contributed by atoms with van der Waals surface area (Å²) in [6, 6.07) is 9.26. The third kappa shape index (κ3) is 3.47. The third-order valence-corrected chi connectivity index (χ3v) is 3.91. The van der Waals surface area contributed by atoms with Crippen LogP contribution >= 0.6 is 12.2 Å². The van der Waals surface area contributed by atoms with Crippen LogP contribution < -0.4 is 10.1 Å². The van der Waals surface area contributed by atoms with Crippen molar-refractivity contribution in [2.45, 2.75) is 24.9 Å². The highest BCUT2D eigenvalue weighted by molar-refractivity contribution is 7.78. The van der Waals surface area contributed by atoms with Crippen molar-refractivity contribution < 1.29 is 14.1 Å². The Kier molecular flexibility index (Phi) is 4.50. The summed E-state index contributed by atoms with van der Waals surface area (Å²) in [5.41, 5.74) is 1.46. The number of hydrogen-bond acceptors (Lipinski definition) is 6. The maximum Gasteiger partial charge on any atom is 0.290 e. The zero-order chi connectivity index (χ0) is 16.2. The maximum atomic E-state index is 12.1. The van der Waals surface area contributed by atoms with Crippen molar-refractivity contribution in [3.63, 3.8) is 0 Å². The van der Waals surface area contributed by atoms with Crippen molar-refractivity contribution in [2.24, 2.45) is 4.99 Å². The number of aromatic nitrogens is 1.